The van der Waals surface area contributed by atoms with Crippen molar-refractivity contribution in [2.24, 2.45) is 0 Å². The summed E-state index contributed by atoms with van der Waals surface area (Å²) in [4.78, 5) is 13.0. The molecule has 0 saturated carbocycles. The molecule has 180 valence electrons. The van der Waals surface area contributed by atoms with Crippen LogP contribution in [0.15, 0.2) is 82.8 Å². The lowest BCUT2D eigenvalue weighted by molar-refractivity contribution is 0.0964. The van der Waals surface area contributed by atoms with Crippen LogP contribution in [0.5, 0.6) is 0 Å². The molecule has 35 heavy (non-hydrogen) atoms. The van der Waals surface area contributed by atoms with Crippen LogP contribution < -0.4 is 9.62 Å². The highest BCUT2D eigenvalue weighted by Crippen LogP contribution is 2.42. The van der Waals surface area contributed by atoms with E-state index in [1.54, 1.807) is 31.1 Å². The summed E-state index contributed by atoms with van der Waals surface area (Å²) in [5, 5.41) is 3.45. The van der Waals surface area contributed by atoms with Crippen LogP contribution in [0.3, 0.4) is 0 Å². The second kappa shape index (κ2) is 10.8. The zero-order chi connectivity index (χ0) is 24.9. The van der Waals surface area contributed by atoms with Crippen LogP contribution in [0.25, 0.3) is 33.4 Å². The van der Waals surface area contributed by atoms with Crippen molar-refractivity contribution in [3.63, 3.8) is 0 Å². The Balaban J connectivity index is 1.96. The molecule has 4 rings (SSSR count). The number of anilines is 1. The number of nitrogens with zero attached hydrogens (tertiary/aromatic N) is 1. The molecule has 4 nitrogen and oxygen atoms in total. The Morgan fingerprint density at radius 2 is 1.77 bits per heavy atom. The minimum absolute atomic E-state index is 0.250. The zero-order valence-electron chi connectivity index (χ0n) is 20.4. The number of nitrogens with one attached hydrogen (secondary N) is 1. The van der Waals surface area contributed by atoms with Gasteiger partial charge in [-0.25, -0.2) is 4.39 Å². The van der Waals surface area contributed by atoms with E-state index in [4.69, 9.17) is 4.42 Å². The van der Waals surface area contributed by atoms with Gasteiger partial charge >= 0.3 is 0 Å². The highest BCUT2D eigenvalue weighted by molar-refractivity contribution is 8.00. The first kappa shape index (κ1) is 24.6. The Morgan fingerprint density at radius 3 is 2.40 bits per heavy atom. The van der Waals surface area contributed by atoms with Crippen molar-refractivity contribution in [2.45, 2.75) is 20.3 Å². The maximum atomic E-state index is 13.6. The van der Waals surface area contributed by atoms with Crippen LogP contribution in [-0.4, -0.2) is 25.8 Å². The predicted molar refractivity (Wildman–Crippen MR) is 145 cm³/mol. The number of fused-ring (bicyclic) bond motifs is 1. The van der Waals surface area contributed by atoms with E-state index in [0.717, 1.165) is 35.2 Å². The molecule has 0 aliphatic carbocycles. The minimum atomic E-state index is -0.341. The molecule has 0 fully saturated rings. The van der Waals surface area contributed by atoms with Crippen LogP contribution in [-0.2, 0) is 0 Å². The lowest BCUT2D eigenvalue weighted by Crippen LogP contribution is -2.18. The molecule has 1 N–H and O–H groups in total. The highest BCUT2D eigenvalue weighted by atomic mass is 32.2. The van der Waals surface area contributed by atoms with Crippen molar-refractivity contribution >= 4 is 34.5 Å². The fourth-order valence-corrected chi connectivity index (χ4v) is 4.76. The molecule has 1 amide bonds. The van der Waals surface area contributed by atoms with Crippen molar-refractivity contribution in [1.29, 1.82) is 0 Å². The van der Waals surface area contributed by atoms with Crippen LogP contribution in [0.4, 0.5) is 10.1 Å². The summed E-state index contributed by atoms with van der Waals surface area (Å²) < 4.78 is 22.1. The minimum Gasteiger partial charge on any atom is -0.455 e. The smallest absolute Gasteiger partial charge is 0.255 e. The van der Waals surface area contributed by atoms with E-state index >= 15 is 0 Å². The molecule has 1 aromatic heterocycles. The van der Waals surface area contributed by atoms with E-state index in [9.17, 15) is 9.18 Å². The molecule has 0 aliphatic heterocycles. The second-order valence-electron chi connectivity index (χ2n) is 8.48. The van der Waals surface area contributed by atoms with Crippen LogP contribution >= 0.6 is 11.9 Å². The maximum Gasteiger partial charge on any atom is 0.255 e. The molecule has 1 heterocycles. The first-order valence-electron chi connectivity index (χ1n) is 11.5. The summed E-state index contributed by atoms with van der Waals surface area (Å²) in [6.45, 7) is 5.03. The standard InChI is InChI=1S/C29H29FN2O2S/c1-19(2)9-8-16-32(35-4)25-18-26-24(17-23(25)20-10-6-5-7-11-20)27(29(33)31-3)28(34-26)21-12-14-22(30)15-13-21/h5-7,9-15,17-18H,8,16H2,1-4H3,(H,31,33). The third kappa shape index (κ3) is 5.28. The van der Waals surface area contributed by atoms with E-state index in [-0.39, 0.29) is 11.7 Å². The van der Waals surface area contributed by atoms with Gasteiger partial charge in [-0.15, -0.1) is 0 Å². The fourth-order valence-electron chi connectivity index (χ4n) is 4.12. The molecule has 0 unspecified atom stereocenters. The van der Waals surface area contributed by atoms with E-state index in [0.29, 0.717) is 22.5 Å². The number of hydrogen-bond acceptors (Lipinski definition) is 4. The Hall–Kier alpha value is -3.51. The van der Waals surface area contributed by atoms with Crippen molar-refractivity contribution in [1.82, 2.24) is 5.32 Å². The van der Waals surface area contributed by atoms with Crippen LogP contribution in [0.2, 0.25) is 0 Å². The SMILES string of the molecule is CNC(=O)c1c(-c2ccc(F)cc2)oc2cc(N(CCC=C(C)C)SC)c(-c3ccccc3)cc12. The van der Waals surface area contributed by atoms with E-state index in [1.807, 2.05) is 30.3 Å². The van der Waals surface area contributed by atoms with Gasteiger partial charge in [-0.1, -0.05) is 53.9 Å². The number of carbonyl (C=O) groups excluding carboxylic acids is 1. The van der Waals surface area contributed by atoms with Gasteiger partial charge in [0.2, 0.25) is 0 Å². The third-order valence-electron chi connectivity index (χ3n) is 5.83. The van der Waals surface area contributed by atoms with E-state index in [2.05, 4.69) is 47.9 Å². The largest absolute Gasteiger partial charge is 0.455 e. The number of carbonyl (C=O) groups is 1. The Bertz CT molecular complexity index is 1360. The molecule has 4 aromatic rings. The summed E-state index contributed by atoms with van der Waals surface area (Å²) in [7, 11) is 1.60. The first-order valence-corrected chi connectivity index (χ1v) is 12.7. The van der Waals surface area contributed by atoms with Crippen molar-refractivity contribution in [3.8, 4) is 22.5 Å². The number of benzene rings is 3. The number of hydrogen-bond donors (Lipinski definition) is 1. The molecule has 0 bridgehead atoms. The number of rotatable bonds is 8. The summed E-state index contributed by atoms with van der Waals surface area (Å²) in [5.74, 6) is -0.164. The summed E-state index contributed by atoms with van der Waals surface area (Å²) in [6, 6.07) is 20.2. The number of amides is 1. The van der Waals surface area contributed by atoms with E-state index < -0.39 is 0 Å². The molecule has 0 atom stereocenters. The van der Waals surface area contributed by atoms with Gasteiger partial charge < -0.3 is 14.0 Å². The molecular formula is C29H29FN2O2S. The molecule has 0 saturated heterocycles. The number of furan rings is 1. The highest BCUT2D eigenvalue weighted by Gasteiger charge is 2.24. The van der Waals surface area contributed by atoms with Crippen LogP contribution in [0.1, 0.15) is 30.6 Å². The zero-order valence-corrected chi connectivity index (χ0v) is 21.2. The van der Waals surface area contributed by atoms with Gasteiger partial charge in [0.1, 0.15) is 17.2 Å². The molecular weight excluding hydrogens is 459 g/mol. The van der Waals surface area contributed by atoms with Crippen LogP contribution in [0, 0.1) is 5.82 Å². The predicted octanol–water partition coefficient (Wildman–Crippen LogP) is 7.71. The third-order valence-corrected chi connectivity index (χ3v) is 6.65. The molecule has 6 heteroatoms. The van der Waals surface area contributed by atoms with Gasteiger partial charge in [-0.3, -0.25) is 4.79 Å². The van der Waals surface area contributed by atoms with Crippen molar-refractivity contribution in [3.05, 3.63) is 89.8 Å². The summed E-state index contributed by atoms with van der Waals surface area (Å²) in [6.07, 6.45) is 5.20. The van der Waals surface area contributed by atoms with Gasteiger partial charge in [0.15, 0.2) is 0 Å². The first-order chi connectivity index (χ1) is 16.9. The summed E-state index contributed by atoms with van der Waals surface area (Å²) in [5.41, 5.74) is 6.07. The monoisotopic (exact) mass is 488 g/mol. The van der Waals surface area contributed by atoms with Gasteiger partial charge in [-0.2, -0.15) is 0 Å². The lowest BCUT2D eigenvalue weighted by atomic mass is 9.98. The second-order valence-corrected chi connectivity index (χ2v) is 9.28. The average molecular weight is 489 g/mol. The molecule has 0 radical (unpaired) electrons. The number of allylic oxidation sites excluding steroid dienone is 1. The molecule has 0 aliphatic rings. The number of halogens is 1. The molecule has 3 aromatic carbocycles. The van der Waals surface area contributed by atoms with Crippen molar-refractivity contribution < 1.29 is 13.6 Å². The van der Waals surface area contributed by atoms with Gasteiger partial charge in [0.25, 0.3) is 5.91 Å². The van der Waals surface area contributed by atoms with Gasteiger partial charge in [-0.05, 0) is 56.2 Å². The van der Waals surface area contributed by atoms with E-state index in [1.165, 1.54) is 17.7 Å². The maximum absolute atomic E-state index is 13.6. The Morgan fingerprint density at radius 1 is 1.06 bits per heavy atom. The Labute approximate surface area is 210 Å². The topological polar surface area (TPSA) is 45.5 Å². The average Bonchev–Trinajstić information content (AvgIpc) is 3.24. The van der Waals surface area contributed by atoms with Crippen molar-refractivity contribution in [2.75, 3.05) is 24.2 Å². The normalized spacial score (nSPS) is 10.9. The van der Waals surface area contributed by atoms with Gasteiger partial charge in [0, 0.05) is 42.4 Å². The van der Waals surface area contributed by atoms with Gasteiger partial charge in [0.05, 0.1) is 11.3 Å². The lowest BCUT2D eigenvalue weighted by Gasteiger charge is -2.24. The quantitative estimate of drug-likeness (QED) is 0.204. The summed E-state index contributed by atoms with van der Waals surface area (Å²) >= 11 is 1.65. The Kier molecular flexibility index (Phi) is 7.61. The fraction of sp³-hybridized carbons (Fsp3) is 0.207. The molecule has 0 spiro atoms.